The summed E-state index contributed by atoms with van der Waals surface area (Å²) in [5, 5.41) is 23.4. The van der Waals surface area contributed by atoms with Gasteiger partial charge in [-0.15, -0.1) is 6.58 Å². The van der Waals surface area contributed by atoms with Crippen LogP contribution in [0.25, 0.3) is 0 Å². The van der Waals surface area contributed by atoms with Crippen molar-refractivity contribution in [3.8, 4) is 0 Å². The summed E-state index contributed by atoms with van der Waals surface area (Å²) in [6, 6.07) is -1.06. The average Bonchev–Trinajstić information content (AvgIpc) is 3.20. The number of hydrogen-bond donors (Lipinski definition) is 2. The number of nitrogens with zero attached hydrogens (tertiary/aromatic N) is 1. The molecule has 0 spiro atoms. The average molecular weight is 816 g/mol. The number of amides is 1. The molecule has 2 N–H and O–H groups in total. The Morgan fingerprint density at radius 1 is 0.983 bits per heavy atom. The molecule has 58 heavy (non-hydrogen) atoms. The van der Waals surface area contributed by atoms with Crippen molar-refractivity contribution in [3.63, 3.8) is 0 Å². The van der Waals surface area contributed by atoms with Crippen LogP contribution in [0, 0.1) is 29.6 Å². The number of methoxy groups -OCH3 is 3. The number of piperidine rings is 1. The summed E-state index contributed by atoms with van der Waals surface area (Å²) in [6.07, 6.45) is 9.37. The van der Waals surface area contributed by atoms with E-state index in [0.717, 1.165) is 11.1 Å². The van der Waals surface area contributed by atoms with Crippen LogP contribution in [0.1, 0.15) is 125 Å². The highest BCUT2D eigenvalue weighted by molar-refractivity contribution is 6.39. The van der Waals surface area contributed by atoms with E-state index in [4.69, 9.17) is 23.7 Å². The molecule has 0 radical (unpaired) electrons. The molecule has 12 nitrogen and oxygen atoms in total. The summed E-state index contributed by atoms with van der Waals surface area (Å²) in [7, 11) is 4.70. The standard InChI is InChI=1S/C46H73NO11/c1-11-19-45(52)20-18-33(27-39(45)56-10)25-31(6)40-30(5)16-17-36(48)34(12-2)23-28(3)22-29(4)24-37(54-8)41-38(55-9)26-32(7)46(53,58-41)42(49)43(50)47-21-14-13-15-35(47)44(51)57-40/h11,23,25,29-30,32-35,37-41,52-53H,1,12-22,24,26-27H2,2-10H3/b28-23+,31-25?. The first-order chi connectivity index (χ1) is 27.5. The van der Waals surface area contributed by atoms with Gasteiger partial charge in [-0.2, -0.15) is 0 Å². The van der Waals surface area contributed by atoms with Gasteiger partial charge < -0.3 is 38.8 Å². The molecule has 2 saturated heterocycles. The fourth-order valence-corrected chi connectivity index (χ4v) is 10.0. The summed E-state index contributed by atoms with van der Waals surface area (Å²) in [5.41, 5.74) is 0.879. The Balaban J connectivity index is 1.73. The second kappa shape index (κ2) is 21.2. The molecule has 2 bridgehead atoms. The lowest BCUT2D eigenvalue weighted by molar-refractivity contribution is -0.302. The molecule has 13 atom stereocenters. The highest BCUT2D eigenvalue weighted by Crippen LogP contribution is 2.40. The van der Waals surface area contributed by atoms with Gasteiger partial charge in [-0.25, -0.2) is 4.79 Å². The number of rotatable bonds is 8. The summed E-state index contributed by atoms with van der Waals surface area (Å²) < 4.78 is 30.2. The summed E-state index contributed by atoms with van der Waals surface area (Å²) in [4.78, 5) is 57.9. The summed E-state index contributed by atoms with van der Waals surface area (Å²) >= 11 is 0. The smallest absolute Gasteiger partial charge is 0.329 e. The maximum absolute atomic E-state index is 14.4. The van der Waals surface area contributed by atoms with Gasteiger partial charge in [0.1, 0.15) is 24.0 Å². The van der Waals surface area contributed by atoms with Gasteiger partial charge in [-0.3, -0.25) is 14.4 Å². The number of hydrogen-bond acceptors (Lipinski definition) is 11. The molecule has 0 aromatic carbocycles. The number of ether oxygens (including phenoxy) is 5. The van der Waals surface area contributed by atoms with E-state index in [9.17, 15) is 29.4 Å². The first-order valence-corrected chi connectivity index (χ1v) is 21.7. The van der Waals surface area contributed by atoms with Gasteiger partial charge >= 0.3 is 5.97 Å². The Labute approximate surface area is 347 Å². The van der Waals surface area contributed by atoms with Gasteiger partial charge in [0.2, 0.25) is 5.79 Å². The normalized spacial score (nSPS) is 40.5. The minimum absolute atomic E-state index is 0.0375. The number of carbonyl (C=O) groups is 4. The van der Waals surface area contributed by atoms with Crippen LogP contribution in [-0.4, -0.2) is 114 Å². The molecule has 4 aliphatic rings. The van der Waals surface area contributed by atoms with E-state index >= 15 is 0 Å². The van der Waals surface area contributed by atoms with Gasteiger partial charge in [0, 0.05) is 46.1 Å². The number of Topliss-reactive ketones (excluding diaryl/α,β-unsaturated/α-hetero) is 2. The third kappa shape index (κ3) is 11.1. The lowest BCUT2D eigenvalue weighted by atomic mass is 9.74. The molecule has 1 saturated carbocycles. The lowest BCUT2D eigenvalue weighted by Crippen LogP contribution is -2.64. The molecule has 0 aromatic rings. The Morgan fingerprint density at radius 2 is 1.67 bits per heavy atom. The van der Waals surface area contributed by atoms with Crippen molar-refractivity contribution in [2.45, 2.75) is 173 Å². The fourth-order valence-electron chi connectivity index (χ4n) is 10.0. The van der Waals surface area contributed by atoms with Crippen molar-refractivity contribution in [1.82, 2.24) is 4.90 Å². The maximum atomic E-state index is 14.4. The molecule has 13 unspecified atom stereocenters. The molecule has 3 aliphatic heterocycles. The quantitative estimate of drug-likeness (QED) is 0.158. The molecule has 1 aliphatic carbocycles. The first kappa shape index (κ1) is 47.9. The molecule has 4 rings (SSSR count). The number of allylic oxidation sites excluding steroid dienone is 3. The zero-order valence-corrected chi connectivity index (χ0v) is 36.7. The van der Waals surface area contributed by atoms with Crippen LogP contribution in [0.3, 0.4) is 0 Å². The van der Waals surface area contributed by atoms with E-state index in [1.165, 1.54) is 4.90 Å². The fraction of sp³-hybridized carbons (Fsp3) is 0.783. The number of aliphatic hydroxyl groups is 2. The Bertz CT molecular complexity index is 1510. The minimum Gasteiger partial charge on any atom is -0.456 e. The minimum atomic E-state index is -2.47. The molecule has 3 heterocycles. The van der Waals surface area contributed by atoms with E-state index in [2.05, 4.69) is 25.7 Å². The molecule has 0 aromatic heterocycles. The first-order valence-electron chi connectivity index (χ1n) is 21.7. The summed E-state index contributed by atoms with van der Waals surface area (Å²) in [6.45, 7) is 15.6. The van der Waals surface area contributed by atoms with E-state index in [0.29, 0.717) is 70.6 Å². The maximum Gasteiger partial charge on any atom is 0.329 e. The highest BCUT2D eigenvalue weighted by Gasteiger charge is 2.56. The van der Waals surface area contributed by atoms with Crippen LogP contribution in [0.5, 0.6) is 0 Å². The Kier molecular flexibility index (Phi) is 17.5. The van der Waals surface area contributed by atoms with Gasteiger partial charge in [0.25, 0.3) is 11.7 Å². The van der Waals surface area contributed by atoms with Crippen molar-refractivity contribution in [2.24, 2.45) is 29.6 Å². The number of ketones is 2. The predicted octanol–water partition coefficient (Wildman–Crippen LogP) is 6.45. The molecule has 1 amide bonds. The van der Waals surface area contributed by atoms with E-state index in [-0.39, 0.29) is 48.8 Å². The van der Waals surface area contributed by atoms with Crippen LogP contribution >= 0.6 is 0 Å². The van der Waals surface area contributed by atoms with Crippen molar-refractivity contribution in [2.75, 3.05) is 27.9 Å². The second-order valence-corrected chi connectivity index (χ2v) is 18.0. The highest BCUT2D eigenvalue weighted by atomic mass is 16.7. The topological polar surface area (TPSA) is 158 Å². The predicted molar refractivity (Wildman–Crippen MR) is 220 cm³/mol. The molecule has 3 fully saturated rings. The molecular formula is C46H73NO11. The van der Waals surface area contributed by atoms with Crippen LogP contribution in [0.15, 0.2) is 36.0 Å². The molecule has 12 heteroatoms. The Morgan fingerprint density at radius 3 is 2.31 bits per heavy atom. The molecular weight excluding hydrogens is 743 g/mol. The third-order valence-electron chi connectivity index (χ3n) is 13.5. The van der Waals surface area contributed by atoms with Crippen LogP contribution < -0.4 is 0 Å². The van der Waals surface area contributed by atoms with Crippen molar-refractivity contribution >= 4 is 23.4 Å². The third-order valence-corrected chi connectivity index (χ3v) is 13.5. The van der Waals surface area contributed by atoms with E-state index in [1.54, 1.807) is 34.3 Å². The van der Waals surface area contributed by atoms with Gasteiger partial charge in [0.15, 0.2) is 0 Å². The van der Waals surface area contributed by atoms with Gasteiger partial charge in [0.05, 0.1) is 23.9 Å². The van der Waals surface area contributed by atoms with Crippen LogP contribution in [0.4, 0.5) is 0 Å². The number of fused-ring (bicyclic) bond motifs is 3. The molecule has 328 valence electrons. The van der Waals surface area contributed by atoms with E-state index in [1.807, 2.05) is 27.7 Å². The number of esters is 1. The van der Waals surface area contributed by atoms with Crippen molar-refractivity contribution in [1.29, 1.82) is 0 Å². The second-order valence-electron chi connectivity index (χ2n) is 18.0. The zero-order valence-electron chi connectivity index (χ0n) is 36.7. The monoisotopic (exact) mass is 816 g/mol. The zero-order chi connectivity index (χ0) is 42.9. The lowest BCUT2D eigenvalue weighted by Gasteiger charge is -2.47. The SMILES string of the molecule is C=CCC1(O)CCC(C=C(C)C2OC(=O)C3CCCCN3C(=O)C(=O)C3(O)OC(C(OC)CC(C)C/C(C)=C/C(CC)C(=O)CCC2C)C(OC)CC3C)CC1OC. The largest absolute Gasteiger partial charge is 0.456 e. The van der Waals surface area contributed by atoms with Gasteiger partial charge in [-0.1, -0.05) is 51.5 Å². The summed E-state index contributed by atoms with van der Waals surface area (Å²) in [5.74, 6) is -6.31. The Hall–Kier alpha value is -2.74. The van der Waals surface area contributed by atoms with Crippen molar-refractivity contribution in [3.05, 3.63) is 36.0 Å². The van der Waals surface area contributed by atoms with Crippen LogP contribution in [-0.2, 0) is 42.9 Å². The van der Waals surface area contributed by atoms with E-state index < -0.39 is 71.5 Å². The number of cyclic esters (lactones) is 1. The van der Waals surface area contributed by atoms with Crippen LogP contribution in [0.2, 0.25) is 0 Å². The van der Waals surface area contributed by atoms with Gasteiger partial charge in [-0.05, 0) is 114 Å². The number of carbonyl (C=O) groups excluding carboxylic acids is 4. The van der Waals surface area contributed by atoms with Crippen molar-refractivity contribution < 1.29 is 53.1 Å².